The summed E-state index contributed by atoms with van der Waals surface area (Å²) in [5.41, 5.74) is -0.421. The van der Waals surface area contributed by atoms with E-state index in [1.54, 1.807) is 12.2 Å². The smallest absolute Gasteiger partial charge is 0.335 e. The van der Waals surface area contributed by atoms with Gasteiger partial charge in [0.15, 0.2) is 6.04 Å². The molecule has 1 heterocycles. The summed E-state index contributed by atoms with van der Waals surface area (Å²) < 4.78 is 10.8. The van der Waals surface area contributed by atoms with Crippen molar-refractivity contribution < 1.29 is 14.3 Å². The van der Waals surface area contributed by atoms with E-state index in [1.165, 1.54) is 0 Å². The molecule has 0 aliphatic carbocycles. The highest BCUT2D eigenvalue weighted by atomic mass is 16.6. The summed E-state index contributed by atoms with van der Waals surface area (Å²) in [6.07, 6.45) is 3.42. The van der Waals surface area contributed by atoms with E-state index in [2.05, 4.69) is 25.8 Å². The number of hydrogen-bond donors (Lipinski definition) is 0. The van der Waals surface area contributed by atoms with Crippen LogP contribution < -0.4 is 0 Å². The maximum absolute atomic E-state index is 11.8. The van der Waals surface area contributed by atoms with Gasteiger partial charge in [0.2, 0.25) is 5.90 Å². The summed E-state index contributed by atoms with van der Waals surface area (Å²) in [6.45, 7) is 12.3. The van der Waals surface area contributed by atoms with E-state index in [0.717, 1.165) is 0 Å². The number of ether oxygens (including phenoxy) is 2. The second-order valence-electron chi connectivity index (χ2n) is 6.65. The molecule has 0 radical (unpaired) electrons. The Hall–Kier alpha value is -1.32. The number of hydrogen-bond acceptors (Lipinski definition) is 4. The van der Waals surface area contributed by atoms with Crippen LogP contribution in [0, 0.1) is 5.41 Å². The predicted octanol–water partition coefficient (Wildman–Crippen LogP) is 2.73. The molecular weight excluding hydrogens is 230 g/mol. The van der Waals surface area contributed by atoms with Crippen molar-refractivity contribution in [2.75, 3.05) is 6.61 Å². The van der Waals surface area contributed by atoms with Gasteiger partial charge in [0, 0.05) is 0 Å². The summed E-state index contributed by atoms with van der Waals surface area (Å²) >= 11 is 0. The molecule has 1 rings (SSSR count). The van der Waals surface area contributed by atoms with Gasteiger partial charge < -0.3 is 9.47 Å². The highest BCUT2D eigenvalue weighted by Gasteiger charge is 2.26. The van der Waals surface area contributed by atoms with Crippen molar-refractivity contribution in [3.05, 3.63) is 12.2 Å². The van der Waals surface area contributed by atoms with E-state index in [-0.39, 0.29) is 11.4 Å². The van der Waals surface area contributed by atoms with Gasteiger partial charge in [-0.2, -0.15) is 0 Å². The van der Waals surface area contributed by atoms with E-state index in [9.17, 15) is 4.79 Å². The molecule has 0 saturated carbocycles. The fraction of sp³-hybridized carbons (Fsp3) is 0.714. The second kappa shape index (κ2) is 5.12. The minimum Gasteiger partial charge on any atom is -0.477 e. The van der Waals surface area contributed by atoms with Gasteiger partial charge in [-0.1, -0.05) is 20.8 Å². The van der Waals surface area contributed by atoms with Crippen LogP contribution in [0.3, 0.4) is 0 Å². The van der Waals surface area contributed by atoms with Crippen molar-refractivity contribution in [1.82, 2.24) is 0 Å². The Balaban J connectivity index is 2.51. The minimum absolute atomic E-state index is 0.0698. The first-order valence-electron chi connectivity index (χ1n) is 6.18. The van der Waals surface area contributed by atoms with Crippen molar-refractivity contribution in [2.24, 2.45) is 10.4 Å². The Labute approximate surface area is 109 Å². The average Bonchev–Trinajstić information content (AvgIpc) is 2.58. The highest BCUT2D eigenvalue weighted by Crippen LogP contribution is 2.17. The fourth-order valence-electron chi connectivity index (χ4n) is 1.27. The van der Waals surface area contributed by atoms with Gasteiger partial charge >= 0.3 is 5.97 Å². The summed E-state index contributed by atoms with van der Waals surface area (Å²) in [4.78, 5) is 16.0. The van der Waals surface area contributed by atoms with Gasteiger partial charge in [-0.15, -0.1) is 0 Å². The Morgan fingerprint density at radius 1 is 1.28 bits per heavy atom. The molecule has 0 spiro atoms. The van der Waals surface area contributed by atoms with Crippen molar-refractivity contribution in [2.45, 2.75) is 53.2 Å². The topological polar surface area (TPSA) is 47.9 Å². The zero-order valence-corrected chi connectivity index (χ0v) is 12.1. The van der Waals surface area contributed by atoms with Crippen LogP contribution in [0.2, 0.25) is 0 Å². The highest BCUT2D eigenvalue weighted by molar-refractivity contribution is 5.95. The zero-order valence-electron chi connectivity index (χ0n) is 12.1. The normalized spacial score (nSPS) is 19.7. The zero-order chi connectivity index (χ0) is 14.0. The summed E-state index contributed by atoms with van der Waals surface area (Å²) in [7, 11) is 0. The average molecular weight is 253 g/mol. The van der Waals surface area contributed by atoms with Crippen LogP contribution in [-0.4, -0.2) is 30.1 Å². The van der Waals surface area contributed by atoms with Crippen LogP contribution in [-0.2, 0) is 14.3 Å². The molecule has 1 atom stereocenters. The third-order valence-corrected chi connectivity index (χ3v) is 1.99. The third-order valence-electron chi connectivity index (χ3n) is 1.99. The Bertz CT molecular complexity index is 369. The monoisotopic (exact) mass is 253 g/mol. The molecule has 102 valence electrons. The number of carbonyl (C=O) groups excluding carboxylic acids is 1. The van der Waals surface area contributed by atoms with Gasteiger partial charge in [0.05, 0.1) is 6.61 Å². The Morgan fingerprint density at radius 3 is 2.39 bits per heavy atom. The molecular formula is C14H23NO3. The summed E-state index contributed by atoms with van der Waals surface area (Å²) in [5, 5.41) is 0. The summed E-state index contributed by atoms with van der Waals surface area (Å²) in [5.74, 6) is 0.161. The molecule has 1 aliphatic heterocycles. The lowest BCUT2D eigenvalue weighted by molar-refractivity contribution is -0.155. The van der Waals surface area contributed by atoms with Crippen molar-refractivity contribution in [3.63, 3.8) is 0 Å². The first-order chi connectivity index (χ1) is 8.07. The van der Waals surface area contributed by atoms with Crippen LogP contribution in [0.25, 0.3) is 0 Å². The number of esters is 1. The molecule has 0 aromatic rings. The number of aliphatic imine (C=N–C) groups is 1. The van der Waals surface area contributed by atoms with Gasteiger partial charge in [-0.25, -0.2) is 9.79 Å². The lowest BCUT2D eigenvalue weighted by atomic mass is 9.99. The number of nitrogens with zero attached hydrogens (tertiary/aromatic N) is 1. The molecule has 4 nitrogen and oxygen atoms in total. The van der Waals surface area contributed by atoms with E-state index in [0.29, 0.717) is 12.5 Å². The van der Waals surface area contributed by atoms with Gasteiger partial charge in [-0.3, -0.25) is 0 Å². The first kappa shape index (κ1) is 14.7. The lowest BCUT2D eigenvalue weighted by Gasteiger charge is -2.20. The van der Waals surface area contributed by atoms with Crippen LogP contribution in [0.1, 0.15) is 41.5 Å². The molecule has 0 bridgehead atoms. The largest absolute Gasteiger partial charge is 0.477 e. The molecule has 18 heavy (non-hydrogen) atoms. The van der Waals surface area contributed by atoms with Crippen LogP contribution in [0.15, 0.2) is 17.1 Å². The second-order valence-corrected chi connectivity index (χ2v) is 6.65. The molecule has 4 heteroatoms. The summed E-state index contributed by atoms with van der Waals surface area (Å²) in [6, 6.07) is -0.570. The number of rotatable bonds is 2. The molecule has 0 N–H and O–H groups in total. The number of carbonyl (C=O) groups is 1. The Kier molecular flexibility index (Phi) is 4.20. The maximum atomic E-state index is 11.8. The quantitative estimate of drug-likeness (QED) is 0.711. The van der Waals surface area contributed by atoms with Crippen LogP contribution in [0.5, 0.6) is 0 Å². The molecule has 0 aromatic carbocycles. The molecule has 0 amide bonds. The first-order valence-corrected chi connectivity index (χ1v) is 6.18. The van der Waals surface area contributed by atoms with Crippen LogP contribution >= 0.6 is 0 Å². The third kappa shape index (κ3) is 5.34. The van der Waals surface area contributed by atoms with Crippen molar-refractivity contribution in [1.29, 1.82) is 0 Å². The van der Waals surface area contributed by atoms with E-state index in [4.69, 9.17) is 9.47 Å². The van der Waals surface area contributed by atoms with Crippen molar-refractivity contribution in [3.8, 4) is 0 Å². The SMILES string of the molecule is CC(C)(C)COC1=NC(C(=O)OC(C)(C)C)C=C1. The molecule has 0 saturated heterocycles. The van der Waals surface area contributed by atoms with Crippen molar-refractivity contribution >= 4 is 11.9 Å². The molecule has 1 aliphatic rings. The maximum Gasteiger partial charge on any atom is 0.335 e. The van der Waals surface area contributed by atoms with Gasteiger partial charge in [0.1, 0.15) is 5.60 Å². The molecule has 0 fully saturated rings. The Morgan fingerprint density at radius 2 is 1.89 bits per heavy atom. The van der Waals surface area contributed by atoms with Gasteiger partial charge in [0.25, 0.3) is 0 Å². The van der Waals surface area contributed by atoms with E-state index in [1.807, 2.05) is 20.8 Å². The molecule has 0 aromatic heterocycles. The van der Waals surface area contributed by atoms with Crippen LogP contribution in [0.4, 0.5) is 0 Å². The molecule has 1 unspecified atom stereocenters. The lowest BCUT2D eigenvalue weighted by Crippen LogP contribution is -2.29. The van der Waals surface area contributed by atoms with Gasteiger partial charge in [-0.05, 0) is 38.3 Å². The van der Waals surface area contributed by atoms with E-state index < -0.39 is 11.6 Å². The minimum atomic E-state index is -0.570. The van der Waals surface area contributed by atoms with E-state index >= 15 is 0 Å². The standard InChI is InChI=1S/C14H23NO3/c1-13(2,3)9-17-11-8-7-10(15-11)12(16)18-14(4,5)6/h7-8,10H,9H2,1-6H3. The predicted molar refractivity (Wildman–Crippen MR) is 71.6 cm³/mol. The fourth-order valence-corrected chi connectivity index (χ4v) is 1.27.